The first-order chi connectivity index (χ1) is 7.47. The molecule has 100 valence electrons. The standard InChI is InChI=1S/C13H24BrNO2/c1-9(8-14)10(12(2,3)4)15-11(16)17-13(5,6)7/h10H,1,8H2,2-7H3,(H,15,16). The van der Waals surface area contributed by atoms with E-state index in [0.29, 0.717) is 5.33 Å². The fraction of sp³-hybridized carbons (Fsp3) is 0.769. The summed E-state index contributed by atoms with van der Waals surface area (Å²) < 4.78 is 5.25. The number of rotatable bonds is 3. The second kappa shape index (κ2) is 5.89. The molecule has 1 atom stereocenters. The fourth-order valence-corrected chi connectivity index (χ4v) is 1.76. The molecule has 0 aromatic rings. The van der Waals surface area contributed by atoms with Gasteiger partial charge in [0.2, 0.25) is 0 Å². The Morgan fingerprint density at radius 1 is 1.29 bits per heavy atom. The molecule has 0 spiro atoms. The number of nitrogens with one attached hydrogen (secondary N) is 1. The van der Waals surface area contributed by atoms with Crippen LogP contribution in [-0.2, 0) is 4.74 Å². The summed E-state index contributed by atoms with van der Waals surface area (Å²) in [5, 5.41) is 3.53. The lowest BCUT2D eigenvalue weighted by Gasteiger charge is -2.33. The molecule has 0 aromatic carbocycles. The van der Waals surface area contributed by atoms with Gasteiger partial charge in [0.25, 0.3) is 0 Å². The van der Waals surface area contributed by atoms with Gasteiger partial charge in [-0.15, -0.1) is 0 Å². The quantitative estimate of drug-likeness (QED) is 0.635. The zero-order chi connectivity index (χ0) is 13.9. The van der Waals surface area contributed by atoms with Gasteiger partial charge in [-0.1, -0.05) is 43.3 Å². The number of alkyl carbamates (subject to hydrolysis) is 1. The number of halogens is 1. The zero-order valence-corrected chi connectivity index (χ0v) is 13.3. The van der Waals surface area contributed by atoms with E-state index >= 15 is 0 Å². The lowest BCUT2D eigenvalue weighted by atomic mass is 9.83. The van der Waals surface area contributed by atoms with Gasteiger partial charge in [0.1, 0.15) is 5.60 Å². The number of carbonyl (C=O) groups is 1. The minimum Gasteiger partial charge on any atom is -0.444 e. The highest BCUT2D eigenvalue weighted by Crippen LogP contribution is 2.25. The lowest BCUT2D eigenvalue weighted by molar-refractivity contribution is 0.0480. The van der Waals surface area contributed by atoms with Crippen LogP contribution in [0.25, 0.3) is 0 Å². The zero-order valence-electron chi connectivity index (χ0n) is 11.7. The molecule has 0 aromatic heterocycles. The van der Waals surface area contributed by atoms with Crippen LogP contribution in [0, 0.1) is 5.41 Å². The Morgan fingerprint density at radius 2 is 1.76 bits per heavy atom. The maximum atomic E-state index is 11.7. The normalized spacial score (nSPS) is 14.1. The topological polar surface area (TPSA) is 38.3 Å². The molecule has 1 amide bonds. The van der Waals surface area contributed by atoms with E-state index in [4.69, 9.17) is 4.74 Å². The minimum atomic E-state index is -0.484. The number of amides is 1. The van der Waals surface area contributed by atoms with Gasteiger partial charge in [-0.3, -0.25) is 0 Å². The summed E-state index contributed by atoms with van der Waals surface area (Å²) in [7, 11) is 0. The van der Waals surface area contributed by atoms with Crippen LogP contribution in [0.2, 0.25) is 0 Å². The van der Waals surface area contributed by atoms with Gasteiger partial charge in [0, 0.05) is 5.33 Å². The van der Waals surface area contributed by atoms with Crippen LogP contribution in [0.5, 0.6) is 0 Å². The molecule has 0 aliphatic carbocycles. The fourth-order valence-electron chi connectivity index (χ4n) is 1.43. The molecule has 0 heterocycles. The maximum Gasteiger partial charge on any atom is 0.408 e. The van der Waals surface area contributed by atoms with E-state index < -0.39 is 11.7 Å². The van der Waals surface area contributed by atoms with E-state index in [1.54, 1.807) is 0 Å². The molecule has 0 radical (unpaired) electrons. The third-order valence-corrected chi connectivity index (χ3v) is 2.83. The predicted molar refractivity (Wildman–Crippen MR) is 75.5 cm³/mol. The molecule has 1 N–H and O–H groups in total. The highest BCUT2D eigenvalue weighted by molar-refractivity contribution is 9.09. The molecule has 0 saturated heterocycles. The van der Waals surface area contributed by atoms with Crippen LogP contribution in [0.4, 0.5) is 4.79 Å². The summed E-state index contributed by atoms with van der Waals surface area (Å²) in [4.78, 5) is 11.7. The predicted octanol–water partition coefficient (Wildman–Crippen LogP) is 3.88. The number of ether oxygens (including phenoxy) is 1. The number of hydrogen-bond donors (Lipinski definition) is 1. The van der Waals surface area contributed by atoms with Gasteiger partial charge in [-0.2, -0.15) is 0 Å². The average molecular weight is 306 g/mol. The van der Waals surface area contributed by atoms with Crippen molar-refractivity contribution in [1.82, 2.24) is 5.32 Å². The lowest BCUT2D eigenvalue weighted by Crippen LogP contribution is -2.47. The Labute approximate surface area is 113 Å². The van der Waals surface area contributed by atoms with E-state index in [2.05, 4.69) is 48.6 Å². The molecular formula is C13H24BrNO2. The van der Waals surface area contributed by atoms with Gasteiger partial charge < -0.3 is 10.1 Å². The van der Waals surface area contributed by atoms with Gasteiger partial charge in [-0.25, -0.2) is 4.79 Å². The third-order valence-electron chi connectivity index (χ3n) is 2.11. The third kappa shape index (κ3) is 6.71. The average Bonchev–Trinajstić information content (AvgIpc) is 2.08. The van der Waals surface area contributed by atoms with Crippen LogP contribution in [0.15, 0.2) is 12.2 Å². The summed E-state index contributed by atoms with van der Waals surface area (Å²) in [5.74, 6) is 0. The van der Waals surface area contributed by atoms with E-state index in [-0.39, 0.29) is 11.5 Å². The van der Waals surface area contributed by atoms with E-state index in [1.165, 1.54) is 0 Å². The van der Waals surface area contributed by atoms with Crippen LogP contribution in [0.3, 0.4) is 0 Å². The van der Waals surface area contributed by atoms with Gasteiger partial charge >= 0.3 is 6.09 Å². The van der Waals surface area contributed by atoms with Crippen molar-refractivity contribution in [3.63, 3.8) is 0 Å². The first-order valence-electron chi connectivity index (χ1n) is 5.70. The Morgan fingerprint density at radius 3 is 2.06 bits per heavy atom. The number of alkyl halides is 1. The largest absolute Gasteiger partial charge is 0.444 e. The number of carbonyl (C=O) groups excluding carboxylic acids is 1. The Balaban J connectivity index is 4.67. The van der Waals surface area contributed by atoms with Crippen LogP contribution in [-0.4, -0.2) is 23.1 Å². The van der Waals surface area contributed by atoms with E-state index in [0.717, 1.165) is 5.57 Å². The van der Waals surface area contributed by atoms with E-state index in [1.807, 2.05) is 20.8 Å². The molecule has 1 unspecified atom stereocenters. The van der Waals surface area contributed by atoms with Gasteiger partial charge in [0.15, 0.2) is 0 Å². The van der Waals surface area contributed by atoms with Crippen molar-refractivity contribution in [3.05, 3.63) is 12.2 Å². The van der Waals surface area contributed by atoms with Crippen molar-refractivity contribution in [2.24, 2.45) is 5.41 Å². The second-order valence-corrected chi connectivity index (χ2v) is 6.80. The highest BCUT2D eigenvalue weighted by Gasteiger charge is 2.29. The highest BCUT2D eigenvalue weighted by atomic mass is 79.9. The van der Waals surface area contributed by atoms with Gasteiger partial charge in [0.05, 0.1) is 6.04 Å². The second-order valence-electron chi connectivity index (χ2n) is 6.24. The maximum absolute atomic E-state index is 11.7. The molecule has 17 heavy (non-hydrogen) atoms. The van der Waals surface area contributed by atoms with Crippen molar-refractivity contribution in [2.75, 3.05) is 5.33 Å². The molecule has 0 saturated carbocycles. The summed E-state index contributed by atoms with van der Waals surface area (Å²) in [5.41, 5.74) is 0.354. The molecule has 0 aliphatic heterocycles. The molecular weight excluding hydrogens is 282 g/mol. The molecule has 0 fully saturated rings. The Hall–Kier alpha value is -0.510. The van der Waals surface area contributed by atoms with Gasteiger partial charge in [-0.05, 0) is 31.8 Å². The Bertz CT molecular complexity index is 287. The SMILES string of the molecule is C=C(CBr)C(NC(=O)OC(C)(C)C)C(C)(C)C. The van der Waals surface area contributed by atoms with Crippen molar-refractivity contribution < 1.29 is 9.53 Å². The smallest absolute Gasteiger partial charge is 0.408 e. The number of hydrogen-bond acceptors (Lipinski definition) is 2. The molecule has 0 aliphatic rings. The first kappa shape index (κ1) is 16.5. The monoisotopic (exact) mass is 305 g/mol. The molecule has 4 heteroatoms. The summed E-state index contributed by atoms with van der Waals surface area (Å²) in [6.07, 6.45) is -0.403. The molecule has 0 rings (SSSR count). The molecule has 0 bridgehead atoms. The van der Waals surface area contributed by atoms with Crippen molar-refractivity contribution >= 4 is 22.0 Å². The van der Waals surface area contributed by atoms with Crippen LogP contribution < -0.4 is 5.32 Å². The summed E-state index contributed by atoms with van der Waals surface area (Å²) in [6, 6.07) is -0.114. The minimum absolute atomic E-state index is 0.0955. The van der Waals surface area contributed by atoms with Crippen LogP contribution in [0.1, 0.15) is 41.5 Å². The molecule has 3 nitrogen and oxygen atoms in total. The Kier molecular flexibility index (Phi) is 5.72. The van der Waals surface area contributed by atoms with Crippen molar-refractivity contribution in [1.29, 1.82) is 0 Å². The first-order valence-corrected chi connectivity index (χ1v) is 6.82. The van der Waals surface area contributed by atoms with Crippen molar-refractivity contribution in [2.45, 2.75) is 53.2 Å². The van der Waals surface area contributed by atoms with Crippen molar-refractivity contribution in [3.8, 4) is 0 Å². The summed E-state index contributed by atoms with van der Waals surface area (Å²) in [6.45, 7) is 15.7. The summed E-state index contributed by atoms with van der Waals surface area (Å²) >= 11 is 3.37. The van der Waals surface area contributed by atoms with Crippen LogP contribution >= 0.6 is 15.9 Å². The van der Waals surface area contributed by atoms with E-state index in [9.17, 15) is 4.79 Å².